The molecule has 1 saturated carbocycles. The number of benzene rings is 1. The first-order chi connectivity index (χ1) is 13.4. The third-order valence-electron chi connectivity index (χ3n) is 5.45. The number of ether oxygens (including phenoxy) is 1. The maximum absolute atomic E-state index is 12.9. The Morgan fingerprint density at radius 2 is 1.68 bits per heavy atom. The molecule has 0 bridgehead atoms. The Bertz CT molecular complexity index is 678. The van der Waals surface area contributed by atoms with E-state index in [9.17, 15) is 24.2 Å². The van der Waals surface area contributed by atoms with E-state index in [-0.39, 0.29) is 43.1 Å². The molecule has 154 valence electrons. The van der Waals surface area contributed by atoms with Crippen molar-refractivity contribution in [2.45, 2.75) is 63.1 Å². The van der Waals surface area contributed by atoms with Crippen LogP contribution in [0, 0.1) is 11.7 Å². The average Bonchev–Trinajstić information content (AvgIpc) is 3.31. The summed E-state index contributed by atoms with van der Waals surface area (Å²) in [7, 11) is 0. The Labute approximate surface area is 163 Å². The van der Waals surface area contributed by atoms with Gasteiger partial charge in [0, 0.05) is 19.0 Å². The monoisotopic (exact) mass is 394 g/mol. The molecule has 2 aliphatic rings. The predicted molar refractivity (Wildman–Crippen MR) is 98.5 cm³/mol. The van der Waals surface area contributed by atoms with Gasteiger partial charge >= 0.3 is 0 Å². The largest absolute Gasteiger partial charge is 0.388 e. The smallest absolute Gasteiger partial charge is 0.223 e. The van der Waals surface area contributed by atoms with Gasteiger partial charge < -0.3 is 25.6 Å². The number of carbonyl (C=O) groups excluding carboxylic acids is 2. The lowest BCUT2D eigenvalue weighted by molar-refractivity contribution is -0.127. The molecule has 0 radical (unpaired) electrons. The van der Waals surface area contributed by atoms with E-state index in [4.69, 9.17) is 4.74 Å². The summed E-state index contributed by atoms with van der Waals surface area (Å²) >= 11 is 0. The Morgan fingerprint density at radius 3 is 2.36 bits per heavy atom. The first-order valence-electron chi connectivity index (χ1n) is 9.74. The van der Waals surface area contributed by atoms with Crippen molar-refractivity contribution in [2.24, 2.45) is 5.92 Å². The van der Waals surface area contributed by atoms with Gasteiger partial charge in [-0.25, -0.2) is 4.39 Å². The highest BCUT2D eigenvalue weighted by Gasteiger charge is 2.43. The van der Waals surface area contributed by atoms with Crippen molar-refractivity contribution in [3.63, 3.8) is 0 Å². The number of hydrogen-bond donors (Lipinski definition) is 4. The zero-order valence-electron chi connectivity index (χ0n) is 15.6. The van der Waals surface area contributed by atoms with Gasteiger partial charge in [0.1, 0.15) is 24.1 Å². The normalized spacial score (nSPS) is 27.7. The molecule has 0 spiro atoms. The van der Waals surface area contributed by atoms with Gasteiger partial charge in [0.25, 0.3) is 0 Å². The van der Waals surface area contributed by atoms with Crippen LogP contribution in [0.1, 0.15) is 37.7 Å². The Morgan fingerprint density at radius 1 is 1.04 bits per heavy atom. The van der Waals surface area contributed by atoms with E-state index in [1.54, 1.807) is 12.1 Å². The second-order valence-corrected chi connectivity index (χ2v) is 7.53. The SMILES string of the molecule is O=C(CC1OC(CNC(=O)C2CCCC2)C(O)C1O)NCc1ccc(F)cc1. The molecule has 1 aliphatic heterocycles. The molecule has 0 aromatic heterocycles. The highest BCUT2D eigenvalue weighted by Crippen LogP contribution is 2.26. The zero-order chi connectivity index (χ0) is 20.1. The summed E-state index contributed by atoms with van der Waals surface area (Å²) in [4.78, 5) is 24.2. The minimum Gasteiger partial charge on any atom is -0.388 e. The molecule has 2 amide bonds. The molecular formula is C20H27FN2O5. The lowest BCUT2D eigenvalue weighted by atomic mass is 10.0. The summed E-state index contributed by atoms with van der Waals surface area (Å²) in [5.41, 5.74) is 0.746. The van der Waals surface area contributed by atoms with Crippen molar-refractivity contribution in [1.82, 2.24) is 10.6 Å². The van der Waals surface area contributed by atoms with Crippen LogP contribution in [0.4, 0.5) is 4.39 Å². The van der Waals surface area contributed by atoms with Crippen LogP contribution in [0.25, 0.3) is 0 Å². The van der Waals surface area contributed by atoms with Gasteiger partial charge in [-0.15, -0.1) is 0 Å². The number of hydrogen-bond acceptors (Lipinski definition) is 5. The van der Waals surface area contributed by atoms with Gasteiger partial charge in [-0.05, 0) is 30.5 Å². The van der Waals surface area contributed by atoms with Crippen molar-refractivity contribution in [1.29, 1.82) is 0 Å². The Hall–Kier alpha value is -2.03. The number of rotatable bonds is 7. The molecule has 8 heteroatoms. The lowest BCUT2D eigenvalue weighted by Crippen LogP contribution is -2.41. The van der Waals surface area contributed by atoms with E-state index < -0.39 is 24.4 Å². The van der Waals surface area contributed by atoms with Gasteiger partial charge in [-0.1, -0.05) is 25.0 Å². The second kappa shape index (κ2) is 9.45. The predicted octanol–water partition coefficient (Wildman–Crippen LogP) is 0.628. The van der Waals surface area contributed by atoms with Crippen molar-refractivity contribution < 1.29 is 28.9 Å². The van der Waals surface area contributed by atoms with Crippen LogP contribution in [-0.4, -0.2) is 53.0 Å². The van der Waals surface area contributed by atoms with Crippen LogP contribution in [0.3, 0.4) is 0 Å². The van der Waals surface area contributed by atoms with E-state index in [0.717, 1.165) is 31.2 Å². The average molecular weight is 394 g/mol. The third-order valence-corrected chi connectivity index (χ3v) is 5.45. The number of amides is 2. The Balaban J connectivity index is 1.43. The molecule has 7 nitrogen and oxygen atoms in total. The number of nitrogens with one attached hydrogen (secondary N) is 2. The van der Waals surface area contributed by atoms with Gasteiger partial charge in [-0.3, -0.25) is 9.59 Å². The van der Waals surface area contributed by atoms with E-state index in [0.29, 0.717) is 0 Å². The molecule has 1 heterocycles. The second-order valence-electron chi connectivity index (χ2n) is 7.53. The Kier molecular flexibility index (Phi) is 6.98. The standard InChI is InChI=1S/C20H27FN2O5/c21-14-7-5-12(6-8-14)10-22-17(24)9-15-18(25)19(26)16(28-15)11-23-20(27)13-3-1-2-4-13/h5-8,13,15-16,18-19,25-26H,1-4,9-11H2,(H,22,24)(H,23,27). The summed E-state index contributed by atoms with van der Waals surface area (Å²) in [6.07, 6.45) is -0.246. The molecule has 4 N–H and O–H groups in total. The summed E-state index contributed by atoms with van der Waals surface area (Å²) in [6.45, 7) is 0.326. The first-order valence-corrected chi connectivity index (χ1v) is 9.74. The molecule has 28 heavy (non-hydrogen) atoms. The van der Waals surface area contributed by atoms with E-state index in [2.05, 4.69) is 10.6 Å². The quantitative estimate of drug-likeness (QED) is 0.543. The zero-order valence-corrected chi connectivity index (χ0v) is 15.6. The van der Waals surface area contributed by atoms with Gasteiger partial charge in [0.2, 0.25) is 11.8 Å². The number of halogens is 1. The highest BCUT2D eigenvalue weighted by molar-refractivity contribution is 5.79. The minimum atomic E-state index is -1.20. The maximum atomic E-state index is 12.9. The topological polar surface area (TPSA) is 108 Å². The fraction of sp³-hybridized carbons (Fsp3) is 0.600. The fourth-order valence-electron chi connectivity index (χ4n) is 3.75. The van der Waals surface area contributed by atoms with Crippen LogP contribution in [0.5, 0.6) is 0 Å². The minimum absolute atomic E-state index is 0.0107. The molecule has 1 aromatic carbocycles. The lowest BCUT2D eigenvalue weighted by Gasteiger charge is -2.17. The molecule has 4 unspecified atom stereocenters. The first kappa shape index (κ1) is 20.7. The maximum Gasteiger partial charge on any atom is 0.223 e. The number of carbonyl (C=O) groups is 2. The molecular weight excluding hydrogens is 367 g/mol. The molecule has 1 aromatic rings. The van der Waals surface area contributed by atoms with Crippen molar-refractivity contribution in [3.8, 4) is 0 Å². The van der Waals surface area contributed by atoms with E-state index in [1.807, 2.05) is 0 Å². The number of aliphatic hydroxyl groups excluding tert-OH is 2. The number of aliphatic hydroxyl groups is 2. The third kappa shape index (κ3) is 5.27. The molecule has 1 aliphatic carbocycles. The van der Waals surface area contributed by atoms with Gasteiger partial charge in [0.15, 0.2) is 0 Å². The van der Waals surface area contributed by atoms with Crippen molar-refractivity contribution in [2.75, 3.05) is 6.54 Å². The van der Waals surface area contributed by atoms with Crippen LogP contribution >= 0.6 is 0 Å². The molecule has 3 rings (SSSR count). The van der Waals surface area contributed by atoms with Gasteiger partial charge in [-0.2, -0.15) is 0 Å². The van der Waals surface area contributed by atoms with E-state index in [1.165, 1.54) is 12.1 Å². The van der Waals surface area contributed by atoms with E-state index >= 15 is 0 Å². The molecule has 2 fully saturated rings. The molecule has 1 saturated heterocycles. The summed E-state index contributed by atoms with van der Waals surface area (Å²) in [5.74, 6) is -0.742. The van der Waals surface area contributed by atoms with Crippen molar-refractivity contribution in [3.05, 3.63) is 35.6 Å². The van der Waals surface area contributed by atoms with Crippen LogP contribution in [0.15, 0.2) is 24.3 Å². The van der Waals surface area contributed by atoms with Gasteiger partial charge in [0.05, 0.1) is 12.5 Å². The fourth-order valence-corrected chi connectivity index (χ4v) is 3.75. The van der Waals surface area contributed by atoms with Crippen molar-refractivity contribution >= 4 is 11.8 Å². The summed E-state index contributed by atoms with van der Waals surface area (Å²) in [5, 5.41) is 25.8. The molecule has 4 atom stereocenters. The van der Waals surface area contributed by atoms with Crippen LogP contribution in [-0.2, 0) is 20.9 Å². The highest BCUT2D eigenvalue weighted by atomic mass is 19.1. The van der Waals surface area contributed by atoms with Crippen LogP contribution in [0.2, 0.25) is 0 Å². The van der Waals surface area contributed by atoms with Crippen LogP contribution < -0.4 is 10.6 Å². The summed E-state index contributed by atoms with van der Waals surface area (Å²) < 4.78 is 18.5. The summed E-state index contributed by atoms with van der Waals surface area (Å²) in [6, 6.07) is 5.77.